The maximum atomic E-state index is 13.6. The van der Waals surface area contributed by atoms with Crippen LogP contribution in [0.4, 0.5) is 0 Å². The number of hydrogen-bond donors (Lipinski definition) is 0. The van der Waals surface area contributed by atoms with Gasteiger partial charge in [-0.05, 0) is 47.2 Å². The van der Waals surface area contributed by atoms with Crippen molar-refractivity contribution in [3.05, 3.63) is 96.2 Å². The lowest BCUT2D eigenvalue weighted by Gasteiger charge is -2.24. The van der Waals surface area contributed by atoms with E-state index in [1.165, 1.54) is 35.5 Å². The van der Waals surface area contributed by atoms with E-state index in [0.717, 1.165) is 5.56 Å². The Hall–Kier alpha value is -3.78. The highest BCUT2D eigenvalue weighted by molar-refractivity contribution is 7.07. The number of rotatable bonds is 4. The fourth-order valence-corrected chi connectivity index (χ4v) is 5.17. The molecule has 0 aliphatic carbocycles. The molecular weight excluding hydrogens is 476 g/mol. The van der Waals surface area contributed by atoms with Crippen molar-refractivity contribution in [3.63, 3.8) is 0 Å². The van der Waals surface area contributed by atoms with Gasteiger partial charge in [0.1, 0.15) is 5.75 Å². The average Bonchev–Trinajstić information content (AvgIpc) is 3.12. The number of allylic oxidation sites excluding steroid dienone is 1. The third kappa shape index (κ3) is 4.95. The van der Waals surface area contributed by atoms with Crippen LogP contribution in [0, 0.1) is 0 Å². The summed E-state index contributed by atoms with van der Waals surface area (Å²) in [4.78, 5) is 42.8. The molecule has 0 N–H and O–H groups in total. The summed E-state index contributed by atoms with van der Waals surface area (Å²) < 4.78 is 12.2. The number of benzene rings is 2. The summed E-state index contributed by atoms with van der Waals surface area (Å²) >= 11 is 1.27. The standard InChI is InChI=1S/C28H28N2O5S/c1-16-23(26(33)34-6)24(19-9-13-21(14-10-19)35-17(2)31)30-25(32)22(36-27(30)29-16)15-18-7-11-20(12-8-18)28(3,4)5/h7-15,24H,1-6H3. The number of fused-ring (bicyclic) bond motifs is 1. The predicted octanol–water partition coefficient (Wildman–Crippen LogP) is 3.63. The molecular formula is C28H28N2O5S. The second-order valence-corrected chi connectivity index (χ2v) is 10.6. The summed E-state index contributed by atoms with van der Waals surface area (Å²) in [6, 6.07) is 14.1. The lowest BCUT2D eigenvalue weighted by molar-refractivity contribution is -0.136. The average molecular weight is 505 g/mol. The third-order valence-electron chi connectivity index (χ3n) is 5.96. The van der Waals surface area contributed by atoms with Gasteiger partial charge >= 0.3 is 11.9 Å². The first-order chi connectivity index (χ1) is 17.0. The Kier molecular flexibility index (Phi) is 6.82. The highest BCUT2D eigenvalue weighted by Crippen LogP contribution is 2.31. The van der Waals surface area contributed by atoms with Gasteiger partial charge in [-0.25, -0.2) is 9.79 Å². The van der Waals surface area contributed by atoms with E-state index in [9.17, 15) is 14.4 Å². The van der Waals surface area contributed by atoms with Gasteiger partial charge in [0.2, 0.25) is 0 Å². The highest BCUT2D eigenvalue weighted by atomic mass is 32.1. The maximum absolute atomic E-state index is 13.6. The SMILES string of the molecule is COC(=O)C1=C(C)N=c2sc(=Cc3ccc(C(C)(C)C)cc3)c(=O)n2C1c1ccc(OC(C)=O)cc1. The minimum atomic E-state index is -0.731. The molecule has 36 heavy (non-hydrogen) atoms. The molecule has 186 valence electrons. The van der Waals surface area contributed by atoms with Gasteiger partial charge < -0.3 is 9.47 Å². The molecule has 1 aromatic heterocycles. The molecule has 0 spiro atoms. The van der Waals surface area contributed by atoms with E-state index in [4.69, 9.17) is 9.47 Å². The van der Waals surface area contributed by atoms with Crippen molar-refractivity contribution in [2.24, 2.45) is 4.99 Å². The Morgan fingerprint density at radius 2 is 1.69 bits per heavy atom. The smallest absolute Gasteiger partial charge is 0.338 e. The first-order valence-electron chi connectivity index (χ1n) is 11.5. The van der Waals surface area contributed by atoms with Crippen molar-refractivity contribution in [1.29, 1.82) is 0 Å². The Labute approximate surface area is 213 Å². The van der Waals surface area contributed by atoms with E-state index < -0.39 is 18.0 Å². The van der Waals surface area contributed by atoms with Crippen LogP contribution in [0.1, 0.15) is 57.4 Å². The summed E-state index contributed by atoms with van der Waals surface area (Å²) in [6.07, 6.45) is 1.84. The van der Waals surface area contributed by atoms with E-state index in [2.05, 4.69) is 37.9 Å². The summed E-state index contributed by atoms with van der Waals surface area (Å²) in [5.41, 5.74) is 3.33. The molecule has 1 aliphatic rings. The van der Waals surface area contributed by atoms with Gasteiger partial charge in [0.15, 0.2) is 4.80 Å². The fraction of sp³-hybridized carbons (Fsp3) is 0.286. The molecule has 1 unspecified atom stereocenters. The number of methoxy groups -OCH3 is 1. The minimum absolute atomic E-state index is 0.0324. The molecule has 0 bridgehead atoms. The third-order valence-corrected chi connectivity index (χ3v) is 6.94. The Balaban J connectivity index is 1.86. The predicted molar refractivity (Wildman–Crippen MR) is 139 cm³/mol. The van der Waals surface area contributed by atoms with Crippen LogP contribution in [0.5, 0.6) is 5.75 Å². The van der Waals surface area contributed by atoms with Crippen LogP contribution in [0.3, 0.4) is 0 Å². The Bertz CT molecular complexity index is 1540. The van der Waals surface area contributed by atoms with E-state index in [1.54, 1.807) is 31.2 Å². The molecule has 0 saturated carbocycles. The summed E-state index contributed by atoms with van der Waals surface area (Å²) in [5, 5.41) is 0. The van der Waals surface area contributed by atoms with Crippen molar-refractivity contribution < 1.29 is 19.1 Å². The molecule has 1 aliphatic heterocycles. The molecule has 2 heterocycles. The summed E-state index contributed by atoms with van der Waals surface area (Å²) in [6.45, 7) is 9.51. The van der Waals surface area contributed by atoms with E-state index in [1.807, 2.05) is 18.2 Å². The molecule has 8 heteroatoms. The van der Waals surface area contributed by atoms with Gasteiger partial charge in [0.25, 0.3) is 5.56 Å². The largest absolute Gasteiger partial charge is 0.466 e. The van der Waals surface area contributed by atoms with Crippen LogP contribution in [0.15, 0.2) is 69.6 Å². The highest BCUT2D eigenvalue weighted by Gasteiger charge is 2.33. The fourth-order valence-electron chi connectivity index (χ4n) is 4.12. The molecule has 0 fully saturated rings. The summed E-state index contributed by atoms with van der Waals surface area (Å²) in [7, 11) is 1.30. The number of esters is 2. The molecule has 0 radical (unpaired) electrons. The second kappa shape index (κ2) is 9.70. The quantitative estimate of drug-likeness (QED) is 0.400. The molecule has 0 saturated heterocycles. The molecule has 4 rings (SSSR count). The van der Waals surface area contributed by atoms with Gasteiger partial charge in [-0.3, -0.25) is 14.2 Å². The number of thiazole rings is 1. The number of carbonyl (C=O) groups excluding carboxylic acids is 2. The number of aromatic nitrogens is 1. The molecule has 3 aromatic rings. The zero-order chi connectivity index (χ0) is 26.2. The number of nitrogens with zero attached hydrogens (tertiary/aromatic N) is 2. The molecule has 2 aromatic carbocycles. The lowest BCUT2D eigenvalue weighted by atomic mass is 9.87. The Morgan fingerprint density at radius 1 is 1.06 bits per heavy atom. The summed E-state index contributed by atoms with van der Waals surface area (Å²) in [5.74, 6) is -0.618. The van der Waals surface area contributed by atoms with Crippen LogP contribution < -0.4 is 19.6 Å². The van der Waals surface area contributed by atoms with Crippen molar-refractivity contribution in [1.82, 2.24) is 4.57 Å². The zero-order valence-electron chi connectivity index (χ0n) is 21.1. The molecule has 7 nitrogen and oxygen atoms in total. The van der Waals surface area contributed by atoms with Crippen LogP contribution in [-0.2, 0) is 19.7 Å². The number of hydrogen-bond acceptors (Lipinski definition) is 7. The van der Waals surface area contributed by atoms with E-state index in [-0.39, 0.29) is 16.5 Å². The van der Waals surface area contributed by atoms with E-state index in [0.29, 0.717) is 26.3 Å². The topological polar surface area (TPSA) is 87.0 Å². The zero-order valence-corrected chi connectivity index (χ0v) is 21.9. The first-order valence-corrected chi connectivity index (χ1v) is 12.3. The van der Waals surface area contributed by atoms with Crippen LogP contribution in [0.25, 0.3) is 6.08 Å². The number of carbonyl (C=O) groups is 2. The van der Waals surface area contributed by atoms with Crippen molar-refractivity contribution in [3.8, 4) is 5.75 Å². The van der Waals surface area contributed by atoms with Gasteiger partial charge in [-0.15, -0.1) is 0 Å². The second-order valence-electron chi connectivity index (χ2n) is 9.61. The van der Waals surface area contributed by atoms with Gasteiger partial charge in [0, 0.05) is 6.92 Å². The van der Waals surface area contributed by atoms with Gasteiger partial charge in [0.05, 0.1) is 29.0 Å². The number of ether oxygens (including phenoxy) is 2. The lowest BCUT2D eigenvalue weighted by Crippen LogP contribution is -2.39. The van der Waals surface area contributed by atoms with Gasteiger partial charge in [-0.2, -0.15) is 0 Å². The van der Waals surface area contributed by atoms with Gasteiger partial charge in [-0.1, -0.05) is 68.5 Å². The van der Waals surface area contributed by atoms with Crippen molar-refractivity contribution >= 4 is 29.4 Å². The normalized spacial score (nSPS) is 15.8. The molecule has 1 atom stereocenters. The molecule has 0 amide bonds. The minimum Gasteiger partial charge on any atom is -0.466 e. The van der Waals surface area contributed by atoms with Crippen LogP contribution in [-0.4, -0.2) is 23.6 Å². The monoisotopic (exact) mass is 504 g/mol. The first kappa shape index (κ1) is 25.3. The Morgan fingerprint density at radius 3 is 2.25 bits per heavy atom. The van der Waals surface area contributed by atoms with Crippen LogP contribution in [0.2, 0.25) is 0 Å². The van der Waals surface area contributed by atoms with Crippen LogP contribution >= 0.6 is 11.3 Å². The van der Waals surface area contributed by atoms with E-state index >= 15 is 0 Å². The van der Waals surface area contributed by atoms with Crippen molar-refractivity contribution in [2.45, 2.75) is 46.1 Å². The maximum Gasteiger partial charge on any atom is 0.338 e. The van der Waals surface area contributed by atoms with Crippen molar-refractivity contribution in [2.75, 3.05) is 7.11 Å².